The lowest BCUT2D eigenvalue weighted by Gasteiger charge is -2.42. The predicted molar refractivity (Wildman–Crippen MR) is 171 cm³/mol. The molecule has 2 aliphatic heterocycles. The summed E-state index contributed by atoms with van der Waals surface area (Å²) in [7, 11) is 0. The first-order valence-corrected chi connectivity index (χ1v) is 16.5. The number of carbonyl (C=O) groups excluding carboxylic acids is 3. The molecular formula is C33H40N6O4S. The highest BCUT2D eigenvalue weighted by Crippen LogP contribution is 2.31. The SMILES string of the molecule is O=C(CNC(=O)C1(NC(=O)c2ccc(-c3csc(N4CCN(N5CCOCC5)CC4)n3)cc2)CCCCC1)c1ccccc1. The van der Waals surface area contributed by atoms with Crippen molar-refractivity contribution in [1.29, 1.82) is 0 Å². The van der Waals surface area contributed by atoms with Gasteiger partial charge in [-0.3, -0.25) is 14.4 Å². The number of benzene rings is 2. The van der Waals surface area contributed by atoms with Gasteiger partial charge in [-0.1, -0.05) is 61.7 Å². The third-order valence-electron chi connectivity index (χ3n) is 8.85. The molecule has 3 heterocycles. The number of ketones is 1. The number of hydrogen-bond acceptors (Lipinski definition) is 9. The lowest BCUT2D eigenvalue weighted by Crippen LogP contribution is -2.60. The molecule has 1 saturated carbocycles. The first kappa shape index (κ1) is 30.4. The second kappa shape index (κ2) is 14.0. The summed E-state index contributed by atoms with van der Waals surface area (Å²) in [5.41, 5.74) is 1.84. The minimum atomic E-state index is -1.03. The van der Waals surface area contributed by atoms with Crippen LogP contribution in [0.1, 0.15) is 52.8 Å². The zero-order chi connectivity index (χ0) is 30.4. The van der Waals surface area contributed by atoms with E-state index < -0.39 is 5.54 Å². The van der Waals surface area contributed by atoms with Crippen molar-refractivity contribution in [2.75, 3.05) is 63.9 Å². The second-order valence-corrected chi connectivity index (χ2v) is 12.5. The van der Waals surface area contributed by atoms with Gasteiger partial charge in [0, 0.05) is 61.3 Å². The van der Waals surface area contributed by atoms with Crippen molar-refractivity contribution >= 4 is 34.1 Å². The molecule has 0 unspecified atom stereocenters. The number of Topliss-reactive ketones (excluding diaryl/α,β-unsaturated/α-hetero) is 1. The maximum absolute atomic E-state index is 13.4. The smallest absolute Gasteiger partial charge is 0.252 e. The Morgan fingerprint density at radius 1 is 0.818 bits per heavy atom. The Morgan fingerprint density at radius 3 is 2.20 bits per heavy atom. The van der Waals surface area contributed by atoms with Crippen LogP contribution in [-0.2, 0) is 9.53 Å². The number of morpholine rings is 1. The molecule has 10 nitrogen and oxygen atoms in total. The van der Waals surface area contributed by atoms with E-state index in [-0.39, 0.29) is 24.1 Å². The molecule has 2 aromatic carbocycles. The molecule has 3 aromatic rings. The predicted octanol–water partition coefficient (Wildman–Crippen LogP) is 3.61. The van der Waals surface area contributed by atoms with Gasteiger partial charge >= 0.3 is 0 Å². The van der Waals surface area contributed by atoms with Crippen molar-refractivity contribution in [2.24, 2.45) is 0 Å². The summed E-state index contributed by atoms with van der Waals surface area (Å²) in [4.78, 5) is 46.6. The van der Waals surface area contributed by atoms with E-state index in [0.717, 1.165) is 88.1 Å². The molecule has 11 heteroatoms. The summed E-state index contributed by atoms with van der Waals surface area (Å²) in [6.07, 6.45) is 3.79. The number of hydrogen-bond donors (Lipinski definition) is 2. The van der Waals surface area contributed by atoms with Crippen molar-refractivity contribution in [3.63, 3.8) is 0 Å². The molecule has 2 amide bonds. The van der Waals surface area contributed by atoms with Crippen molar-refractivity contribution in [3.05, 3.63) is 71.1 Å². The van der Waals surface area contributed by atoms with Crippen molar-refractivity contribution < 1.29 is 19.1 Å². The van der Waals surface area contributed by atoms with Crippen molar-refractivity contribution in [1.82, 2.24) is 25.6 Å². The standard InChI is InChI=1S/C33H40N6O4S/c40-29(26-7-3-1-4-8-26)23-34-31(42)33(13-5-2-6-14-33)36-30(41)27-11-9-25(10-12-27)28-24-44-32(35-28)37-15-17-38(18-16-37)39-19-21-43-22-20-39/h1,3-4,7-12,24H,2,5-6,13-23H2,(H,34,42)(H,36,41). The second-order valence-electron chi connectivity index (χ2n) is 11.7. The van der Waals surface area contributed by atoms with Gasteiger partial charge in [-0.25, -0.2) is 15.0 Å². The van der Waals surface area contributed by atoms with Gasteiger partial charge in [0.05, 0.1) is 25.5 Å². The van der Waals surface area contributed by atoms with Crippen LogP contribution < -0.4 is 15.5 Å². The molecule has 2 saturated heterocycles. The van der Waals surface area contributed by atoms with Crippen LogP contribution in [0.3, 0.4) is 0 Å². The quantitative estimate of drug-likeness (QED) is 0.352. The van der Waals surface area contributed by atoms with Crippen LogP contribution in [0.4, 0.5) is 5.13 Å². The van der Waals surface area contributed by atoms with Crippen LogP contribution in [0.2, 0.25) is 0 Å². The van der Waals surface area contributed by atoms with E-state index in [1.54, 1.807) is 47.7 Å². The van der Waals surface area contributed by atoms with Gasteiger partial charge in [0.25, 0.3) is 5.91 Å². The molecule has 2 N–H and O–H groups in total. The summed E-state index contributed by atoms with van der Waals surface area (Å²) < 4.78 is 5.49. The normalized spacial score (nSPS) is 19.3. The summed E-state index contributed by atoms with van der Waals surface area (Å²) in [5.74, 6) is -0.750. The molecule has 0 radical (unpaired) electrons. The van der Waals surface area contributed by atoms with Gasteiger partial charge in [0.2, 0.25) is 5.91 Å². The van der Waals surface area contributed by atoms with Crippen LogP contribution >= 0.6 is 11.3 Å². The summed E-state index contributed by atoms with van der Waals surface area (Å²) in [6, 6.07) is 16.3. The monoisotopic (exact) mass is 616 g/mol. The highest BCUT2D eigenvalue weighted by Gasteiger charge is 2.41. The third kappa shape index (κ3) is 7.02. The topological polar surface area (TPSA) is 107 Å². The molecule has 3 aliphatic rings. The molecule has 0 atom stereocenters. The fourth-order valence-electron chi connectivity index (χ4n) is 6.25. The van der Waals surface area contributed by atoms with Gasteiger partial charge in [0.15, 0.2) is 10.9 Å². The van der Waals surface area contributed by atoms with Gasteiger partial charge in [0.1, 0.15) is 5.54 Å². The lowest BCUT2D eigenvalue weighted by molar-refractivity contribution is -0.128. The average molecular weight is 617 g/mol. The lowest BCUT2D eigenvalue weighted by atomic mass is 9.80. The number of ether oxygens (including phenoxy) is 1. The Morgan fingerprint density at radius 2 is 1.50 bits per heavy atom. The number of nitrogens with zero attached hydrogens (tertiary/aromatic N) is 4. The van der Waals surface area contributed by atoms with Gasteiger partial charge in [-0.15, -0.1) is 11.3 Å². The summed E-state index contributed by atoms with van der Waals surface area (Å²) >= 11 is 1.64. The first-order chi connectivity index (χ1) is 21.5. The summed E-state index contributed by atoms with van der Waals surface area (Å²) in [6.45, 7) is 7.21. The number of nitrogens with one attached hydrogen (secondary N) is 2. The Bertz CT molecular complexity index is 1430. The van der Waals surface area contributed by atoms with Gasteiger partial charge in [-0.05, 0) is 25.0 Å². The highest BCUT2D eigenvalue weighted by atomic mass is 32.1. The van der Waals surface area contributed by atoms with Crippen LogP contribution in [-0.4, -0.2) is 97.2 Å². The molecule has 6 rings (SSSR count). The van der Waals surface area contributed by atoms with E-state index in [0.29, 0.717) is 24.0 Å². The van der Waals surface area contributed by atoms with E-state index in [9.17, 15) is 14.4 Å². The molecule has 0 bridgehead atoms. The Hall–Kier alpha value is -3.64. The van der Waals surface area contributed by atoms with Crippen LogP contribution in [0.15, 0.2) is 60.0 Å². The Kier molecular flexibility index (Phi) is 9.66. The van der Waals surface area contributed by atoms with Crippen LogP contribution in [0.5, 0.6) is 0 Å². The molecular weight excluding hydrogens is 576 g/mol. The molecule has 0 spiro atoms. The fourth-order valence-corrected chi connectivity index (χ4v) is 7.14. The van der Waals surface area contributed by atoms with E-state index in [1.807, 2.05) is 18.2 Å². The molecule has 1 aliphatic carbocycles. The fraction of sp³-hybridized carbons (Fsp3) is 0.455. The zero-order valence-corrected chi connectivity index (χ0v) is 25.8. The number of aromatic nitrogens is 1. The zero-order valence-electron chi connectivity index (χ0n) is 25.0. The number of hydrazine groups is 1. The molecule has 3 fully saturated rings. The molecule has 1 aromatic heterocycles. The third-order valence-corrected chi connectivity index (χ3v) is 9.75. The van der Waals surface area contributed by atoms with Crippen molar-refractivity contribution in [3.8, 4) is 11.3 Å². The Balaban J connectivity index is 1.05. The highest BCUT2D eigenvalue weighted by molar-refractivity contribution is 7.14. The molecule has 44 heavy (non-hydrogen) atoms. The van der Waals surface area contributed by atoms with E-state index >= 15 is 0 Å². The number of carbonyl (C=O) groups is 3. The van der Waals surface area contributed by atoms with E-state index in [1.165, 1.54) is 0 Å². The maximum atomic E-state index is 13.4. The number of amides is 2. The largest absolute Gasteiger partial charge is 0.379 e. The van der Waals surface area contributed by atoms with Crippen LogP contribution in [0.25, 0.3) is 11.3 Å². The summed E-state index contributed by atoms with van der Waals surface area (Å²) in [5, 5.41) is 13.8. The van der Waals surface area contributed by atoms with E-state index in [4.69, 9.17) is 9.72 Å². The van der Waals surface area contributed by atoms with Gasteiger partial charge < -0.3 is 20.3 Å². The first-order valence-electron chi connectivity index (χ1n) is 15.6. The van der Waals surface area contributed by atoms with Gasteiger partial charge in [-0.2, -0.15) is 0 Å². The van der Waals surface area contributed by atoms with Crippen LogP contribution in [0, 0.1) is 0 Å². The number of anilines is 1. The average Bonchev–Trinajstić information content (AvgIpc) is 3.59. The van der Waals surface area contributed by atoms with Crippen molar-refractivity contribution in [2.45, 2.75) is 37.6 Å². The maximum Gasteiger partial charge on any atom is 0.252 e. The Labute approximate surface area is 262 Å². The minimum absolute atomic E-state index is 0.103. The minimum Gasteiger partial charge on any atom is -0.379 e. The van der Waals surface area contributed by atoms with E-state index in [2.05, 4.69) is 30.9 Å². The number of piperazine rings is 1. The molecule has 232 valence electrons. The number of thiazole rings is 1. The number of rotatable bonds is 9.